The Balaban J connectivity index is 2.33. The second-order valence-electron chi connectivity index (χ2n) is 6.25. The molecule has 0 aliphatic rings. The number of rotatable bonds is 7. The topological polar surface area (TPSA) is 72.8 Å². The third kappa shape index (κ3) is 4.00. The molecule has 0 spiro atoms. The molecule has 128 valence electrons. The van der Waals surface area contributed by atoms with E-state index in [0.717, 1.165) is 5.56 Å². The van der Waals surface area contributed by atoms with E-state index in [4.69, 9.17) is 4.74 Å². The van der Waals surface area contributed by atoms with E-state index in [1.807, 2.05) is 30.3 Å². The summed E-state index contributed by atoms with van der Waals surface area (Å²) in [5.74, 6) is 0.0292. The van der Waals surface area contributed by atoms with Crippen LogP contribution in [-0.2, 0) is 0 Å². The van der Waals surface area contributed by atoms with E-state index in [9.17, 15) is 15.2 Å². The SMILES string of the molecule is COc1cccc(C(=O)CC(c2ccccc2)C(C)(C)N([O-])O)c1. The van der Waals surface area contributed by atoms with Crippen LogP contribution >= 0.6 is 0 Å². The number of methoxy groups -OCH3 is 1. The van der Waals surface area contributed by atoms with Gasteiger partial charge in [-0.3, -0.25) is 10.0 Å². The monoisotopic (exact) mass is 328 g/mol. The smallest absolute Gasteiger partial charge is 0.163 e. The molecule has 5 nitrogen and oxygen atoms in total. The van der Waals surface area contributed by atoms with Gasteiger partial charge in [0.1, 0.15) is 5.75 Å². The molecule has 0 aromatic heterocycles. The van der Waals surface area contributed by atoms with Gasteiger partial charge in [0.25, 0.3) is 0 Å². The van der Waals surface area contributed by atoms with Crippen molar-refractivity contribution < 1.29 is 14.7 Å². The predicted molar refractivity (Wildman–Crippen MR) is 92.2 cm³/mol. The average Bonchev–Trinajstić information content (AvgIpc) is 2.59. The molecule has 0 saturated carbocycles. The highest BCUT2D eigenvalue weighted by Crippen LogP contribution is 2.36. The minimum atomic E-state index is -1.14. The van der Waals surface area contributed by atoms with E-state index in [-0.39, 0.29) is 17.4 Å². The molecule has 0 aliphatic heterocycles. The van der Waals surface area contributed by atoms with Crippen LogP contribution in [0.15, 0.2) is 54.6 Å². The molecular weight excluding hydrogens is 306 g/mol. The Kier molecular flexibility index (Phi) is 5.72. The third-order valence-electron chi connectivity index (χ3n) is 4.33. The molecule has 2 aromatic rings. The van der Waals surface area contributed by atoms with Crippen LogP contribution in [0.2, 0.25) is 0 Å². The molecule has 0 radical (unpaired) electrons. The fourth-order valence-corrected chi connectivity index (χ4v) is 2.69. The Morgan fingerprint density at radius 2 is 1.88 bits per heavy atom. The lowest BCUT2D eigenvalue weighted by Crippen LogP contribution is -2.44. The number of hydrogen-bond acceptors (Lipinski definition) is 5. The predicted octanol–water partition coefficient (Wildman–Crippen LogP) is 4.02. The molecule has 0 saturated heterocycles. The molecule has 2 rings (SSSR count). The van der Waals surface area contributed by atoms with E-state index in [1.54, 1.807) is 45.2 Å². The van der Waals surface area contributed by atoms with Crippen LogP contribution in [0, 0.1) is 5.21 Å². The highest BCUT2D eigenvalue weighted by atomic mass is 16.8. The Hall–Kier alpha value is -2.21. The maximum absolute atomic E-state index is 12.7. The number of nitrogens with zero attached hydrogens (tertiary/aromatic N) is 1. The number of ketones is 1. The standard InChI is InChI=1S/C19H22NO4/c1-19(2,20(22)23)17(14-8-5-4-6-9-14)13-18(21)15-10-7-11-16(12-15)24-3/h4-12,17,22H,13H2,1-3H3/q-1. The fourth-order valence-electron chi connectivity index (χ4n) is 2.69. The van der Waals surface area contributed by atoms with E-state index in [0.29, 0.717) is 11.3 Å². The first-order valence-electron chi connectivity index (χ1n) is 7.74. The quantitative estimate of drug-likeness (QED) is 0.614. The van der Waals surface area contributed by atoms with Crippen molar-refractivity contribution in [3.63, 3.8) is 0 Å². The number of carbonyl (C=O) groups is 1. The first-order chi connectivity index (χ1) is 11.4. The molecule has 0 amide bonds. The molecule has 5 heteroatoms. The minimum Gasteiger partial charge on any atom is -0.762 e. The summed E-state index contributed by atoms with van der Waals surface area (Å²) in [5.41, 5.74) is 0.200. The molecule has 1 atom stereocenters. The van der Waals surface area contributed by atoms with Crippen molar-refractivity contribution >= 4 is 5.78 Å². The van der Waals surface area contributed by atoms with Gasteiger partial charge in [0.2, 0.25) is 0 Å². The fraction of sp³-hybridized carbons (Fsp3) is 0.316. The molecule has 2 aromatic carbocycles. The lowest BCUT2D eigenvalue weighted by molar-refractivity contribution is -0.126. The van der Waals surface area contributed by atoms with Crippen LogP contribution in [0.1, 0.15) is 42.1 Å². The van der Waals surface area contributed by atoms with Crippen LogP contribution < -0.4 is 4.74 Å². The van der Waals surface area contributed by atoms with E-state index in [2.05, 4.69) is 0 Å². The molecule has 0 aliphatic carbocycles. The van der Waals surface area contributed by atoms with Crippen molar-refractivity contribution in [2.75, 3.05) is 7.11 Å². The zero-order valence-corrected chi connectivity index (χ0v) is 14.1. The van der Waals surface area contributed by atoms with Crippen LogP contribution in [0.5, 0.6) is 5.75 Å². The lowest BCUT2D eigenvalue weighted by Gasteiger charge is -2.44. The number of hydrogen-bond donors (Lipinski definition) is 1. The minimum absolute atomic E-state index is 0.0659. The molecular formula is C19H22NO4-. The normalized spacial score (nSPS) is 12.9. The van der Waals surface area contributed by atoms with Crippen LogP contribution in [-0.4, -0.2) is 28.9 Å². The zero-order valence-electron chi connectivity index (χ0n) is 14.1. The summed E-state index contributed by atoms with van der Waals surface area (Å²) < 4.78 is 5.15. The molecule has 0 heterocycles. The molecule has 0 fully saturated rings. The Morgan fingerprint density at radius 3 is 2.46 bits per heavy atom. The van der Waals surface area contributed by atoms with Gasteiger partial charge in [0, 0.05) is 23.4 Å². The van der Waals surface area contributed by atoms with Crippen molar-refractivity contribution in [3.05, 3.63) is 70.9 Å². The highest BCUT2D eigenvalue weighted by Gasteiger charge is 2.34. The summed E-state index contributed by atoms with van der Waals surface area (Å²) in [6, 6.07) is 16.2. The van der Waals surface area contributed by atoms with E-state index in [1.165, 1.54) is 0 Å². The number of Topliss-reactive ketones (excluding diaryl/α,β-unsaturated/α-hetero) is 1. The van der Waals surface area contributed by atoms with Gasteiger partial charge in [-0.2, -0.15) is 0 Å². The second kappa shape index (κ2) is 7.57. The molecule has 0 bridgehead atoms. The summed E-state index contributed by atoms with van der Waals surface area (Å²) in [6.07, 6.45) is 0.101. The van der Waals surface area contributed by atoms with Gasteiger partial charge < -0.3 is 15.2 Å². The maximum atomic E-state index is 12.7. The van der Waals surface area contributed by atoms with Gasteiger partial charge in [-0.1, -0.05) is 42.5 Å². The maximum Gasteiger partial charge on any atom is 0.163 e. The van der Waals surface area contributed by atoms with Crippen molar-refractivity contribution in [3.8, 4) is 5.75 Å². The summed E-state index contributed by atoms with van der Waals surface area (Å²) in [5, 5.41) is 21.1. The van der Waals surface area contributed by atoms with Gasteiger partial charge in [0.15, 0.2) is 5.78 Å². The van der Waals surface area contributed by atoms with Crippen molar-refractivity contribution in [2.24, 2.45) is 0 Å². The largest absolute Gasteiger partial charge is 0.762 e. The molecule has 24 heavy (non-hydrogen) atoms. The first-order valence-corrected chi connectivity index (χ1v) is 7.74. The van der Waals surface area contributed by atoms with Crippen LogP contribution in [0.25, 0.3) is 0 Å². The summed E-state index contributed by atoms with van der Waals surface area (Å²) in [7, 11) is 1.54. The summed E-state index contributed by atoms with van der Waals surface area (Å²) in [6.45, 7) is 3.24. The molecule has 1 N–H and O–H groups in total. The zero-order chi connectivity index (χ0) is 17.7. The third-order valence-corrected chi connectivity index (χ3v) is 4.33. The van der Waals surface area contributed by atoms with E-state index >= 15 is 0 Å². The van der Waals surface area contributed by atoms with Crippen molar-refractivity contribution in [1.82, 2.24) is 5.23 Å². The molecule has 1 unspecified atom stereocenters. The van der Waals surface area contributed by atoms with Crippen molar-refractivity contribution in [2.45, 2.75) is 31.7 Å². The average molecular weight is 328 g/mol. The van der Waals surface area contributed by atoms with Gasteiger partial charge in [-0.05, 0) is 31.5 Å². The number of carbonyl (C=O) groups excluding carboxylic acids is 1. The Morgan fingerprint density at radius 1 is 1.21 bits per heavy atom. The van der Waals surface area contributed by atoms with Gasteiger partial charge >= 0.3 is 0 Å². The van der Waals surface area contributed by atoms with Crippen molar-refractivity contribution in [1.29, 1.82) is 0 Å². The number of benzene rings is 2. The Labute approximate surface area is 142 Å². The van der Waals surface area contributed by atoms with Gasteiger partial charge in [-0.25, -0.2) is 0 Å². The highest BCUT2D eigenvalue weighted by molar-refractivity contribution is 5.97. The van der Waals surface area contributed by atoms with E-state index < -0.39 is 11.5 Å². The summed E-state index contributed by atoms with van der Waals surface area (Å²) >= 11 is 0. The summed E-state index contributed by atoms with van der Waals surface area (Å²) in [4.78, 5) is 12.7. The van der Waals surface area contributed by atoms with Crippen LogP contribution in [0.4, 0.5) is 0 Å². The van der Waals surface area contributed by atoms with Gasteiger partial charge in [0.05, 0.1) is 7.11 Å². The first kappa shape index (κ1) is 18.1. The second-order valence-corrected chi connectivity index (χ2v) is 6.25. The number of ether oxygens (including phenoxy) is 1. The lowest BCUT2D eigenvalue weighted by atomic mass is 9.78. The van der Waals surface area contributed by atoms with Gasteiger partial charge in [-0.15, -0.1) is 0 Å². The van der Waals surface area contributed by atoms with Crippen LogP contribution in [0.3, 0.4) is 0 Å². The number of hydroxylamine groups is 2. The Bertz CT molecular complexity index is 683.